The summed E-state index contributed by atoms with van der Waals surface area (Å²) >= 11 is 0. The molecule has 1 fully saturated rings. The molecule has 2 aliphatic heterocycles. The predicted octanol–water partition coefficient (Wildman–Crippen LogP) is 4.43. The number of ether oxygens (including phenoxy) is 1. The van der Waals surface area contributed by atoms with Crippen LogP contribution in [0.25, 0.3) is 0 Å². The van der Waals surface area contributed by atoms with Gasteiger partial charge < -0.3 is 10.1 Å². The molecule has 0 atom stereocenters. The second-order valence-corrected chi connectivity index (χ2v) is 8.17. The molecule has 1 amide bonds. The molecule has 2 heterocycles. The highest BCUT2D eigenvalue weighted by molar-refractivity contribution is 6.19. The maximum absolute atomic E-state index is 11.6. The minimum Gasteiger partial charge on any atom is -0.379 e. The number of hydrogen-bond donors (Lipinski definition) is 1. The number of rotatable bonds is 5. The van der Waals surface area contributed by atoms with Crippen molar-refractivity contribution in [2.45, 2.75) is 12.8 Å². The van der Waals surface area contributed by atoms with Gasteiger partial charge in [0, 0.05) is 24.2 Å². The van der Waals surface area contributed by atoms with Crippen molar-refractivity contribution in [2.24, 2.45) is 4.99 Å². The highest BCUT2D eigenvalue weighted by atomic mass is 16.5. The number of fused-ring (bicyclic) bond motifs is 1. The van der Waals surface area contributed by atoms with Gasteiger partial charge in [0.25, 0.3) is 0 Å². The number of aryl methyl sites for hydroxylation is 1. The summed E-state index contributed by atoms with van der Waals surface area (Å²) < 4.78 is 5.32. The minimum absolute atomic E-state index is 0.0756. The van der Waals surface area contributed by atoms with E-state index >= 15 is 0 Å². The first-order valence-corrected chi connectivity index (χ1v) is 11.6. The van der Waals surface area contributed by atoms with Gasteiger partial charge in [-0.15, -0.1) is 0 Å². The first-order chi connectivity index (χ1) is 16.3. The van der Waals surface area contributed by atoms with Crippen LogP contribution in [0.5, 0.6) is 0 Å². The Morgan fingerprint density at radius 2 is 1.52 bits per heavy atom. The van der Waals surface area contributed by atoms with E-state index in [-0.39, 0.29) is 12.5 Å². The molecular formula is C28H31N3O2. The Hall–Kier alpha value is -3.28. The van der Waals surface area contributed by atoms with Crippen LogP contribution in [0.3, 0.4) is 0 Å². The molecule has 0 bridgehead atoms. The number of carbonyl (C=O) groups excluding carboxylic acids is 1. The number of benzodiazepines with no additional fused rings is 1. The maximum Gasteiger partial charge on any atom is 0.246 e. The van der Waals surface area contributed by atoms with Gasteiger partial charge in [0.15, 0.2) is 0 Å². The van der Waals surface area contributed by atoms with E-state index in [4.69, 9.17) is 4.74 Å². The van der Waals surface area contributed by atoms with Crippen molar-refractivity contribution in [3.05, 3.63) is 102 Å². The molecule has 0 aliphatic carbocycles. The van der Waals surface area contributed by atoms with Gasteiger partial charge in [-0.25, -0.2) is 0 Å². The van der Waals surface area contributed by atoms with Crippen LogP contribution < -0.4 is 5.32 Å². The summed E-state index contributed by atoms with van der Waals surface area (Å²) in [5.41, 5.74) is 5.13. The van der Waals surface area contributed by atoms with Crippen LogP contribution >= 0.6 is 0 Å². The molecule has 170 valence electrons. The maximum atomic E-state index is 11.6. The number of hydrogen-bond acceptors (Lipinski definition) is 4. The Bertz CT molecular complexity index is 1050. The lowest BCUT2D eigenvalue weighted by Gasteiger charge is -2.26. The molecule has 0 spiro atoms. The standard InChI is InChI=1S/C15H12N2O.C13H19NO/c18-14-10-16-15(11-6-2-1-3-7-11)12-8-4-5-9-13(12)17-14;1-2-5-13(6-3-1)7-4-8-14-9-11-15-12-10-14/h1-9H,10H2,(H,17,18);1-3,5-6H,4,7-12H2. The second kappa shape index (κ2) is 12.1. The quantitative estimate of drug-likeness (QED) is 0.637. The molecular weight excluding hydrogens is 410 g/mol. The van der Waals surface area contributed by atoms with Gasteiger partial charge in [-0.3, -0.25) is 14.7 Å². The summed E-state index contributed by atoms with van der Waals surface area (Å²) in [6.45, 7) is 5.40. The zero-order chi connectivity index (χ0) is 22.7. The fraction of sp³-hybridized carbons (Fsp3) is 0.286. The van der Waals surface area contributed by atoms with Crippen molar-refractivity contribution < 1.29 is 9.53 Å². The van der Waals surface area contributed by atoms with Crippen LogP contribution in [-0.2, 0) is 16.0 Å². The number of amides is 1. The van der Waals surface area contributed by atoms with Crippen molar-refractivity contribution in [1.29, 1.82) is 0 Å². The van der Waals surface area contributed by atoms with Crippen molar-refractivity contribution in [3.8, 4) is 0 Å². The molecule has 2 aliphatic rings. The van der Waals surface area contributed by atoms with Crippen molar-refractivity contribution >= 4 is 17.3 Å². The smallest absolute Gasteiger partial charge is 0.246 e. The number of nitrogens with one attached hydrogen (secondary N) is 1. The largest absolute Gasteiger partial charge is 0.379 e. The molecule has 0 saturated carbocycles. The highest BCUT2D eigenvalue weighted by Gasteiger charge is 2.16. The number of carbonyl (C=O) groups is 1. The Labute approximate surface area is 196 Å². The van der Waals surface area contributed by atoms with Crippen molar-refractivity contribution in [2.75, 3.05) is 44.7 Å². The second-order valence-electron chi connectivity index (χ2n) is 8.17. The van der Waals surface area contributed by atoms with Gasteiger partial charge in [0.05, 0.1) is 24.6 Å². The summed E-state index contributed by atoms with van der Waals surface area (Å²) in [7, 11) is 0. The summed E-state index contributed by atoms with van der Waals surface area (Å²) in [4.78, 5) is 18.5. The van der Waals surface area contributed by atoms with Gasteiger partial charge in [-0.2, -0.15) is 0 Å². The highest BCUT2D eigenvalue weighted by Crippen LogP contribution is 2.22. The number of morpholine rings is 1. The van der Waals surface area contributed by atoms with E-state index in [2.05, 4.69) is 45.5 Å². The lowest BCUT2D eigenvalue weighted by molar-refractivity contribution is -0.114. The number of aliphatic imine (C=N–C) groups is 1. The first kappa shape index (κ1) is 22.9. The summed E-state index contributed by atoms with van der Waals surface area (Å²) in [6.07, 6.45) is 2.45. The zero-order valence-corrected chi connectivity index (χ0v) is 19.0. The fourth-order valence-corrected chi connectivity index (χ4v) is 4.04. The Balaban J connectivity index is 0.000000160. The van der Waals surface area contributed by atoms with Gasteiger partial charge in [-0.1, -0.05) is 78.9 Å². The Morgan fingerprint density at radius 3 is 2.27 bits per heavy atom. The van der Waals surface area contributed by atoms with Crippen LogP contribution in [0.2, 0.25) is 0 Å². The van der Waals surface area contributed by atoms with E-state index in [1.807, 2.05) is 54.6 Å². The molecule has 0 radical (unpaired) electrons. The van der Waals surface area contributed by atoms with Gasteiger partial charge in [-0.05, 0) is 31.0 Å². The SMILES string of the molecule is O=C1CN=C(c2ccccc2)c2ccccc2N1.c1ccc(CCCN2CCOCC2)cc1. The average Bonchev–Trinajstić information content (AvgIpc) is 3.04. The van der Waals surface area contributed by atoms with E-state index in [1.165, 1.54) is 24.9 Å². The third-order valence-corrected chi connectivity index (χ3v) is 5.77. The van der Waals surface area contributed by atoms with E-state index in [1.54, 1.807) is 0 Å². The fourth-order valence-electron chi connectivity index (χ4n) is 4.04. The van der Waals surface area contributed by atoms with Gasteiger partial charge in [0.2, 0.25) is 5.91 Å². The summed E-state index contributed by atoms with van der Waals surface area (Å²) in [5.74, 6) is -0.0756. The van der Waals surface area contributed by atoms with Crippen molar-refractivity contribution in [1.82, 2.24) is 4.90 Å². The first-order valence-electron chi connectivity index (χ1n) is 11.6. The molecule has 3 aromatic rings. The minimum atomic E-state index is -0.0756. The molecule has 0 aromatic heterocycles. The zero-order valence-electron chi connectivity index (χ0n) is 19.0. The summed E-state index contributed by atoms with van der Waals surface area (Å²) in [6, 6.07) is 28.4. The Kier molecular flexibility index (Phi) is 8.39. The predicted molar refractivity (Wildman–Crippen MR) is 134 cm³/mol. The van der Waals surface area contributed by atoms with Crippen LogP contribution in [-0.4, -0.2) is 55.9 Å². The van der Waals surface area contributed by atoms with Crippen LogP contribution in [0.4, 0.5) is 5.69 Å². The van der Waals surface area contributed by atoms with E-state index in [0.29, 0.717) is 0 Å². The number of para-hydroxylation sites is 1. The topological polar surface area (TPSA) is 53.9 Å². The summed E-state index contributed by atoms with van der Waals surface area (Å²) in [5, 5.41) is 2.87. The molecule has 33 heavy (non-hydrogen) atoms. The molecule has 5 heteroatoms. The monoisotopic (exact) mass is 441 g/mol. The van der Waals surface area contributed by atoms with E-state index < -0.39 is 0 Å². The molecule has 0 unspecified atom stereocenters. The average molecular weight is 442 g/mol. The number of nitrogens with zero attached hydrogens (tertiary/aromatic N) is 2. The lowest BCUT2D eigenvalue weighted by Crippen LogP contribution is -2.36. The van der Waals surface area contributed by atoms with Gasteiger partial charge >= 0.3 is 0 Å². The molecule has 3 aromatic carbocycles. The van der Waals surface area contributed by atoms with Gasteiger partial charge in [0.1, 0.15) is 6.54 Å². The van der Waals surface area contributed by atoms with E-state index in [9.17, 15) is 4.79 Å². The number of benzene rings is 3. The lowest BCUT2D eigenvalue weighted by atomic mass is 10.0. The van der Waals surface area contributed by atoms with Crippen LogP contribution in [0.15, 0.2) is 89.9 Å². The van der Waals surface area contributed by atoms with Crippen LogP contribution in [0.1, 0.15) is 23.1 Å². The Morgan fingerprint density at radius 1 is 0.848 bits per heavy atom. The molecule has 1 saturated heterocycles. The molecule has 1 N–H and O–H groups in total. The van der Waals surface area contributed by atoms with Crippen molar-refractivity contribution in [3.63, 3.8) is 0 Å². The third kappa shape index (κ3) is 6.85. The third-order valence-electron chi connectivity index (χ3n) is 5.77. The molecule has 5 nitrogen and oxygen atoms in total. The number of anilines is 1. The van der Waals surface area contributed by atoms with Crippen LogP contribution in [0, 0.1) is 0 Å². The molecule has 5 rings (SSSR count). The normalized spacial score (nSPS) is 15.9. The van der Waals surface area contributed by atoms with E-state index in [0.717, 1.165) is 48.8 Å².